The zero-order valence-corrected chi connectivity index (χ0v) is 11.9. The summed E-state index contributed by atoms with van der Waals surface area (Å²) in [6.07, 6.45) is -3.05. The Hall–Kier alpha value is -2.02. The van der Waals surface area contributed by atoms with Crippen molar-refractivity contribution in [1.82, 2.24) is 10.6 Å². The van der Waals surface area contributed by atoms with Crippen molar-refractivity contribution in [3.8, 4) is 5.75 Å². The molecule has 4 nitrogen and oxygen atoms in total. The summed E-state index contributed by atoms with van der Waals surface area (Å²) in [7, 11) is 0. The number of benzene rings is 1. The third-order valence-electron chi connectivity index (χ3n) is 3.33. The molecule has 22 heavy (non-hydrogen) atoms. The Morgan fingerprint density at radius 2 is 2.18 bits per heavy atom. The number of carbonyl (C=O) groups is 1. The summed E-state index contributed by atoms with van der Waals surface area (Å²) in [5, 5.41) is 5.70. The summed E-state index contributed by atoms with van der Waals surface area (Å²) in [6.45, 7) is 5.59. The van der Waals surface area contributed by atoms with E-state index in [0.29, 0.717) is 12.5 Å². The van der Waals surface area contributed by atoms with Gasteiger partial charge in [0.2, 0.25) is 0 Å². The van der Waals surface area contributed by atoms with Crippen LogP contribution in [0, 0.1) is 5.92 Å². The first-order valence-electron chi connectivity index (χ1n) is 6.85. The number of hydrogen-bond donors (Lipinski definition) is 2. The second-order valence-corrected chi connectivity index (χ2v) is 5.04. The van der Waals surface area contributed by atoms with E-state index in [1.54, 1.807) is 0 Å². The number of rotatable bonds is 6. The predicted octanol–water partition coefficient (Wildman–Crippen LogP) is 2.22. The smallest absolute Gasteiger partial charge is 0.416 e. The van der Waals surface area contributed by atoms with Crippen LogP contribution in [0.1, 0.15) is 15.9 Å². The molecule has 120 valence electrons. The molecule has 0 bridgehead atoms. The van der Waals surface area contributed by atoms with E-state index < -0.39 is 17.6 Å². The molecule has 1 aliphatic rings. The van der Waals surface area contributed by atoms with E-state index in [4.69, 9.17) is 4.74 Å². The number of alkyl halides is 3. The van der Waals surface area contributed by atoms with Crippen molar-refractivity contribution >= 4 is 5.91 Å². The van der Waals surface area contributed by atoms with E-state index in [9.17, 15) is 18.0 Å². The summed E-state index contributed by atoms with van der Waals surface area (Å²) in [5.41, 5.74) is -1.00. The molecule has 0 aromatic heterocycles. The third-order valence-corrected chi connectivity index (χ3v) is 3.33. The number of amides is 1. The van der Waals surface area contributed by atoms with Crippen molar-refractivity contribution < 1.29 is 22.7 Å². The Kier molecular flexibility index (Phi) is 5.07. The lowest BCUT2D eigenvalue weighted by molar-refractivity contribution is -0.137. The molecule has 2 N–H and O–H groups in total. The minimum absolute atomic E-state index is 0.108. The normalized spacial score (nSPS) is 15.0. The van der Waals surface area contributed by atoms with Gasteiger partial charge in [-0.25, -0.2) is 0 Å². The van der Waals surface area contributed by atoms with Crippen LogP contribution < -0.4 is 15.4 Å². The fourth-order valence-electron chi connectivity index (χ4n) is 1.98. The molecular formula is C15H17F3N2O2. The van der Waals surface area contributed by atoms with Crippen molar-refractivity contribution in [3.05, 3.63) is 42.0 Å². The maximum atomic E-state index is 12.8. The van der Waals surface area contributed by atoms with E-state index in [1.807, 2.05) is 0 Å². The van der Waals surface area contributed by atoms with Gasteiger partial charge in [-0.3, -0.25) is 4.79 Å². The first kappa shape index (κ1) is 16.4. The minimum Gasteiger partial charge on any atom is -0.489 e. The minimum atomic E-state index is -4.51. The lowest BCUT2D eigenvalue weighted by Gasteiger charge is -2.27. The molecule has 0 radical (unpaired) electrons. The molecule has 0 atom stereocenters. The summed E-state index contributed by atoms with van der Waals surface area (Å²) in [4.78, 5) is 12.1. The Balaban J connectivity index is 2.18. The number of hydrogen-bond acceptors (Lipinski definition) is 3. The van der Waals surface area contributed by atoms with Crippen molar-refractivity contribution in [2.24, 2.45) is 5.92 Å². The van der Waals surface area contributed by atoms with Gasteiger partial charge in [-0.2, -0.15) is 13.2 Å². The zero-order valence-electron chi connectivity index (χ0n) is 11.9. The van der Waals surface area contributed by atoms with Gasteiger partial charge in [0.05, 0.1) is 11.1 Å². The first-order chi connectivity index (χ1) is 10.4. The quantitative estimate of drug-likeness (QED) is 0.792. The summed E-state index contributed by atoms with van der Waals surface area (Å²) >= 11 is 0. The molecule has 1 aromatic carbocycles. The lowest BCUT2D eigenvalue weighted by atomic mass is 10.0. The van der Waals surface area contributed by atoms with Gasteiger partial charge in [-0.05, 0) is 18.2 Å². The molecular weight excluding hydrogens is 297 g/mol. The van der Waals surface area contributed by atoms with Crippen molar-refractivity contribution in [1.29, 1.82) is 0 Å². The lowest BCUT2D eigenvalue weighted by Crippen LogP contribution is -2.48. The van der Waals surface area contributed by atoms with Crippen LogP contribution in [-0.4, -0.2) is 32.1 Å². The van der Waals surface area contributed by atoms with Crippen LogP contribution in [-0.2, 0) is 6.18 Å². The van der Waals surface area contributed by atoms with Gasteiger partial charge in [-0.1, -0.05) is 12.7 Å². The highest BCUT2D eigenvalue weighted by atomic mass is 19.4. The Morgan fingerprint density at radius 3 is 2.73 bits per heavy atom. The average molecular weight is 314 g/mol. The molecule has 1 heterocycles. The molecule has 0 unspecified atom stereocenters. The van der Waals surface area contributed by atoms with E-state index in [2.05, 4.69) is 17.2 Å². The average Bonchev–Trinajstić information content (AvgIpc) is 2.42. The SMILES string of the molecule is C=CCOc1ccc(C(F)(F)F)cc1C(=O)NCC1CNC1. The fourth-order valence-corrected chi connectivity index (χ4v) is 1.98. The number of carbonyl (C=O) groups excluding carboxylic acids is 1. The highest BCUT2D eigenvalue weighted by Gasteiger charge is 2.32. The third kappa shape index (κ3) is 4.00. The van der Waals surface area contributed by atoms with E-state index in [0.717, 1.165) is 31.3 Å². The highest BCUT2D eigenvalue weighted by Crippen LogP contribution is 2.32. The van der Waals surface area contributed by atoms with Gasteiger partial charge in [0.15, 0.2) is 0 Å². The molecule has 0 saturated carbocycles. The van der Waals surface area contributed by atoms with Gasteiger partial charge in [0.25, 0.3) is 5.91 Å². The van der Waals surface area contributed by atoms with Crippen LogP contribution in [0.2, 0.25) is 0 Å². The second kappa shape index (κ2) is 6.83. The van der Waals surface area contributed by atoms with Crippen LogP contribution >= 0.6 is 0 Å². The van der Waals surface area contributed by atoms with Crippen molar-refractivity contribution in [2.45, 2.75) is 6.18 Å². The molecule has 1 fully saturated rings. The molecule has 0 spiro atoms. The summed E-state index contributed by atoms with van der Waals surface area (Å²) < 4.78 is 43.7. The van der Waals surface area contributed by atoms with Crippen LogP contribution in [0.25, 0.3) is 0 Å². The Morgan fingerprint density at radius 1 is 1.45 bits per heavy atom. The fraction of sp³-hybridized carbons (Fsp3) is 0.400. The van der Waals surface area contributed by atoms with Crippen LogP contribution in [0.5, 0.6) is 5.75 Å². The first-order valence-corrected chi connectivity index (χ1v) is 6.85. The van der Waals surface area contributed by atoms with E-state index >= 15 is 0 Å². The molecule has 7 heteroatoms. The topological polar surface area (TPSA) is 50.4 Å². The summed E-state index contributed by atoms with van der Waals surface area (Å²) in [6, 6.07) is 2.87. The van der Waals surface area contributed by atoms with Crippen molar-refractivity contribution in [2.75, 3.05) is 26.2 Å². The molecule has 1 aliphatic heterocycles. The van der Waals surface area contributed by atoms with Gasteiger partial charge in [0, 0.05) is 25.6 Å². The Labute approximate surface area is 126 Å². The number of halogens is 3. The maximum absolute atomic E-state index is 12.8. The highest BCUT2D eigenvalue weighted by molar-refractivity contribution is 5.97. The van der Waals surface area contributed by atoms with Crippen LogP contribution in [0.3, 0.4) is 0 Å². The number of ether oxygens (including phenoxy) is 1. The van der Waals surface area contributed by atoms with E-state index in [1.165, 1.54) is 6.08 Å². The predicted molar refractivity (Wildman–Crippen MR) is 75.8 cm³/mol. The number of nitrogens with one attached hydrogen (secondary N) is 2. The monoisotopic (exact) mass is 314 g/mol. The standard InChI is InChI=1S/C15H17F3N2O2/c1-2-5-22-13-4-3-11(15(16,17)18)6-12(13)14(21)20-9-10-7-19-8-10/h2-4,6,10,19H,1,5,7-9H2,(H,20,21). The van der Waals surface area contributed by atoms with Gasteiger partial charge in [0.1, 0.15) is 12.4 Å². The molecule has 2 rings (SSSR count). The second-order valence-electron chi connectivity index (χ2n) is 5.04. The van der Waals surface area contributed by atoms with E-state index in [-0.39, 0.29) is 17.9 Å². The molecule has 1 amide bonds. The van der Waals surface area contributed by atoms with Crippen LogP contribution in [0.4, 0.5) is 13.2 Å². The van der Waals surface area contributed by atoms with Gasteiger partial charge in [-0.15, -0.1) is 0 Å². The zero-order chi connectivity index (χ0) is 16.2. The van der Waals surface area contributed by atoms with Crippen LogP contribution in [0.15, 0.2) is 30.9 Å². The molecule has 1 aromatic rings. The van der Waals surface area contributed by atoms with Gasteiger partial charge >= 0.3 is 6.18 Å². The van der Waals surface area contributed by atoms with Crippen molar-refractivity contribution in [3.63, 3.8) is 0 Å². The summed E-state index contributed by atoms with van der Waals surface area (Å²) in [5.74, 6) is -0.151. The Bertz CT molecular complexity index is 554. The molecule has 0 aliphatic carbocycles. The van der Waals surface area contributed by atoms with Gasteiger partial charge < -0.3 is 15.4 Å². The maximum Gasteiger partial charge on any atom is 0.416 e. The molecule has 1 saturated heterocycles. The largest absolute Gasteiger partial charge is 0.489 e.